The average Bonchev–Trinajstić information content (AvgIpc) is 2.77. The van der Waals surface area contributed by atoms with E-state index < -0.39 is 0 Å². The standard InChI is InChI=1S/C16H26BrNS/c1-12(2)10-18-11-14-6-4-3-5-13(14)9-16-15(17)7-8-19-16/h7-8,12-14,18H,3-6,9-11H2,1-2H3. The summed E-state index contributed by atoms with van der Waals surface area (Å²) in [6.45, 7) is 6.94. The zero-order valence-corrected chi connectivity index (χ0v) is 14.5. The van der Waals surface area contributed by atoms with Crippen LogP contribution in [0.5, 0.6) is 0 Å². The molecule has 1 aromatic heterocycles. The normalized spacial score (nSPS) is 24.0. The van der Waals surface area contributed by atoms with E-state index in [0.29, 0.717) is 0 Å². The molecule has 0 radical (unpaired) electrons. The fraction of sp³-hybridized carbons (Fsp3) is 0.750. The Bertz CT molecular complexity index is 375. The predicted molar refractivity (Wildman–Crippen MR) is 88.9 cm³/mol. The van der Waals surface area contributed by atoms with E-state index >= 15 is 0 Å². The lowest BCUT2D eigenvalue weighted by Crippen LogP contribution is -2.33. The third kappa shape index (κ3) is 4.87. The highest BCUT2D eigenvalue weighted by Crippen LogP contribution is 2.35. The number of thiophene rings is 1. The van der Waals surface area contributed by atoms with Crippen LogP contribution in [0.2, 0.25) is 0 Å². The highest BCUT2D eigenvalue weighted by molar-refractivity contribution is 9.10. The van der Waals surface area contributed by atoms with Gasteiger partial charge in [0, 0.05) is 9.35 Å². The molecule has 3 heteroatoms. The summed E-state index contributed by atoms with van der Waals surface area (Å²) in [7, 11) is 0. The molecule has 1 saturated carbocycles. The molecule has 1 aromatic rings. The Balaban J connectivity index is 1.87. The van der Waals surface area contributed by atoms with Crippen LogP contribution in [0, 0.1) is 17.8 Å². The van der Waals surface area contributed by atoms with E-state index in [1.54, 1.807) is 4.88 Å². The lowest BCUT2D eigenvalue weighted by molar-refractivity contribution is 0.227. The molecule has 0 bridgehead atoms. The van der Waals surface area contributed by atoms with Gasteiger partial charge in [-0.2, -0.15) is 0 Å². The van der Waals surface area contributed by atoms with Gasteiger partial charge in [0.15, 0.2) is 0 Å². The first-order valence-electron chi connectivity index (χ1n) is 7.59. The number of rotatable bonds is 6. The molecule has 1 nitrogen and oxygen atoms in total. The van der Waals surface area contributed by atoms with Crippen molar-refractivity contribution >= 4 is 27.3 Å². The molecule has 0 aromatic carbocycles. The Hall–Kier alpha value is 0.140. The van der Waals surface area contributed by atoms with Gasteiger partial charge in [-0.05, 0) is 77.5 Å². The van der Waals surface area contributed by atoms with Gasteiger partial charge in [0.2, 0.25) is 0 Å². The minimum atomic E-state index is 0.758. The first kappa shape index (κ1) is 15.5. The maximum absolute atomic E-state index is 3.68. The van der Waals surface area contributed by atoms with Crippen LogP contribution in [0.3, 0.4) is 0 Å². The van der Waals surface area contributed by atoms with Crippen molar-refractivity contribution in [2.45, 2.75) is 46.0 Å². The van der Waals surface area contributed by atoms with Crippen molar-refractivity contribution in [2.24, 2.45) is 17.8 Å². The van der Waals surface area contributed by atoms with Crippen LogP contribution in [0.15, 0.2) is 15.9 Å². The summed E-state index contributed by atoms with van der Waals surface area (Å²) < 4.78 is 1.32. The fourth-order valence-electron chi connectivity index (χ4n) is 3.09. The Morgan fingerprint density at radius 1 is 1.32 bits per heavy atom. The van der Waals surface area contributed by atoms with Gasteiger partial charge >= 0.3 is 0 Å². The summed E-state index contributed by atoms with van der Waals surface area (Å²) in [5, 5.41) is 5.87. The largest absolute Gasteiger partial charge is 0.316 e. The summed E-state index contributed by atoms with van der Waals surface area (Å²) in [6.07, 6.45) is 6.95. The molecule has 2 rings (SSSR count). The summed E-state index contributed by atoms with van der Waals surface area (Å²) in [6, 6.07) is 2.19. The van der Waals surface area contributed by atoms with Crippen LogP contribution < -0.4 is 5.32 Å². The molecule has 0 saturated heterocycles. The maximum atomic E-state index is 3.68. The van der Waals surface area contributed by atoms with Gasteiger partial charge in [-0.15, -0.1) is 11.3 Å². The maximum Gasteiger partial charge on any atom is 0.0314 e. The molecule has 19 heavy (non-hydrogen) atoms. The Kier molecular flexibility index (Phi) is 6.37. The Labute approximate surface area is 130 Å². The molecule has 1 heterocycles. The summed E-state index contributed by atoms with van der Waals surface area (Å²) in [5.74, 6) is 2.51. The van der Waals surface area contributed by atoms with Crippen molar-refractivity contribution < 1.29 is 0 Å². The number of hydrogen-bond donors (Lipinski definition) is 1. The third-order valence-electron chi connectivity index (χ3n) is 4.16. The van der Waals surface area contributed by atoms with Crippen LogP contribution in [-0.2, 0) is 6.42 Å². The van der Waals surface area contributed by atoms with Crippen molar-refractivity contribution in [1.82, 2.24) is 5.32 Å². The molecule has 0 spiro atoms. The molecule has 0 aliphatic heterocycles. The van der Waals surface area contributed by atoms with Crippen LogP contribution in [0.1, 0.15) is 44.4 Å². The number of halogens is 1. The first-order chi connectivity index (χ1) is 9.16. The van der Waals surface area contributed by atoms with Crippen molar-refractivity contribution in [2.75, 3.05) is 13.1 Å². The topological polar surface area (TPSA) is 12.0 Å². The highest BCUT2D eigenvalue weighted by atomic mass is 79.9. The quantitative estimate of drug-likeness (QED) is 0.757. The lowest BCUT2D eigenvalue weighted by atomic mass is 9.77. The highest BCUT2D eigenvalue weighted by Gasteiger charge is 2.25. The van der Waals surface area contributed by atoms with Gasteiger partial charge in [0.1, 0.15) is 0 Å². The van der Waals surface area contributed by atoms with E-state index in [2.05, 4.69) is 46.5 Å². The van der Waals surface area contributed by atoms with Gasteiger partial charge in [0.05, 0.1) is 0 Å². The van der Waals surface area contributed by atoms with E-state index in [9.17, 15) is 0 Å². The minimum Gasteiger partial charge on any atom is -0.316 e. The molecule has 2 unspecified atom stereocenters. The predicted octanol–water partition coefficient (Wildman–Crippen LogP) is 5.11. The lowest BCUT2D eigenvalue weighted by Gasteiger charge is -2.32. The minimum absolute atomic E-state index is 0.758. The van der Waals surface area contributed by atoms with Crippen molar-refractivity contribution in [1.29, 1.82) is 0 Å². The van der Waals surface area contributed by atoms with Crippen molar-refractivity contribution in [3.05, 3.63) is 20.8 Å². The Morgan fingerprint density at radius 3 is 2.68 bits per heavy atom. The number of hydrogen-bond acceptors (Lipinski definition) is 2. The van der Waals surface area contributed by atoms with E-state index in [1.807, 2.05) is 11.3 Å². The van der Waals surface area contributed by atoms with E-state index in [1.165, 1.54) is 43.1 Å². The zero-order valence-electron chi connectivity index (χ0n) is 12.1. The second kappa shape index (κ2) is 7.80. The average molecular weight is 344 g/mol. The first-order valence-corrected chi connectivity index (χ1v) is 9.26. The fourth-order valence-corrected chi connectivity index (χ4v) is 4.70. The SMILES string of the molecule is CC(C)CNCC1CCCCC1Cc1sccc1Br. The molecule has 1 fully saturated rings. The molecular formula is C16H26BrNS. The van der Waals surface area contributed by atoms with Crippen LogP contribution >= 0.6 is 27.3 Å². The van der Waals surface area contributed by atoms with Gasteiger partial charge in [-0.1, -0.05) is 26.7 Å². The van der Waals surface area contributed by atoms with E-state index in [-0.39, 0.29) is 0 Å². The summed E-state index contributed by atoms with van der Waals surface area (Å²) >= 11 is 5.59. The van der Waals surface area contributed by atoms with Gasteiger partial charge in [-0.3, -0.25) is 0 Å². The second-order valence-electron chi connectivity index (χ2n) is 6.25. The molecule has 0 amide bonds. The van der Waals surface area contributed by atoms with Crippen molar-refractivity contribution in [3.63, 3.8) is 0 Å². The van der Waals surface area contributed by atoms with Gasteiger partial charge in [0.25, 0.3) is 0 Å². The molecule has 108 valence electrons. The molecule has 1 aliphatic carbocycles. The molecular weight excluding hydrogens is 318 g/mol. The molecule has 2 atom stereocenters. The van der Waals surface area contributed by atoms with E-state index in [4.69, 9.17) is 0 Å². The van der Waals surface area contributed by atoms with Gasteiger partial charge < -0.3 is 5.32 Å². The monoisotopic (exact) mass is 343 g/mol. The second-order valence-corrected chi connectivity index (χ2v) is 8.11. The van der Waals surface area contributed by atoms with Crippen LogP contribution in [0.4, 0.5) is 0 Å². The Morgan fingerprint density at radius 2 is 2.05 bits per heavy atom. The smallest absolute Gasteiger partial charge is 0.0314 e. The molecule has 1 aliphatic rings. The van der Waals surface area contributed by atoms with Crippen LogP contribution in [-0.4, -0.2) is 13.1 Å². The van der Waals surface area contributed by atoms with Crippen molar-refractivity contribution in [3.8, 4) is 0 Å². The zero-order chi connectivity index (χ0) is 13.7. The third-order valence-corrected chi connectivity index (χ3v) is 6.11. The van der Waals surface area contributed by atoms with Gasteiger partial charge in [-0.25, -0.2) is 0 Å². The van der Waals surface area contributed by atoms with E-state index in [0.717, 1.165) is 24.3 Å². The number of nitrogens with one attached hydrogen (secondary N) is 1. The summed E-state index contributed by atoms with van der Waals surface area (Å²) in [5.41, 5.74) is 0. The summed E-state index contributed by atoms with van der Waals surface area (Å²) in [4.78, 5) is 1.54. The molecule has 1 N–H and O–H groups in total. The van der Waals surface area contributed by atoms with Crippen LogP contribution in [0.25, 0.3) is 0 Å².